The van der Waals surface area contributed by atoms with E-state index in [-0.39, 0.29) is 5.75 Å². The van der Waals surface area contributed by atoms with Crippen molar-refractivity contribution in [2.24, 2.45) is 0 Å². The van der Waals surface area contributed by atoms with Gasteiger partial charge < -0.3 is 10.5 Å². The fourth-order valence-corrected chi connectivity index (χ4v) is 1.38. The Morgan fingerprint density at radius 2 is 1.75 bits per heavy atom. The number of ether oxygens (including phenoxy) is 1. The van der Waals surface area contributed by atoms with Gasteiger partial charge in [-0.15, -0.1) is 0 Å². The van der Waals surface area contributed by atoms with E-state index in [1.165, 1.54) is 0 Å². The fourth-order valence-electron chi connectivity index (χ4n) is 1.38. The van der Waals surface area contributed by atoms with Gasteiger partial charge >= 0.3 is 0 Å². The minimum Gasteiger partial charge on any atom is -0.452 e. The fraction of sp³-hybridized carbons (Fsp3) is 0.0769. The van der Waals surface area contributed by atoms with Crippen LogP contribution in [0.3, 0.4) is 0 Å². The molecule has 2 N–H and O–H groups in total. The molecule has 2 aromatic rings. The molecule has 0 fully saturated rings. The summed E-state index contributed by atoms with van der Waals surface area (Å²) in [7, 11) is 0. The zero-order valence-corrected chi connectivity index (χ0v) is 8.91. The topological polar surface area (TPSA) is 35.2 Å². The van der Waals surface area contributed by atoms with Crippen molar-refractivity contribution in [3.8, 4) is 11.5 Å². The van der Waals surface area contributed by atoms with Crippen molar-refractivity contribution in [2.75, 3.05) is 5.73 Å². The average molecular weight is 217 g/mol. The summed E-state index contributed by atoms with van der Waals surface area (Å²) in [5.74, 6) is 0.244. The number of nitrogen functional groups attached to an aromatic ring is 1. The SMILES string of the molecule is Cc1ccc(N)c(Oc2ccccc2)c1F. The van der Waals surface area contributed by atoms with E-state index in [4.69, 9.17) is 10.5 Å². The molecular weight excluding hydrogens is 205 g/mol. The second kappa shape index (κ2) is 4.23. The van der Waals surface area contributed by atoms with E-state index in [9.17, 15) is 4.39 Å². The van der Waals surface area contributed by atoms with E-state index < -0.39 is 5.82 Å². The molecule has 0 unspecified atom stereocenters. The molecule has 0 heterocycles. The number of benzene rings is 2. The number of nitrogens with two attached hydrogens (primary N) is 1. The van der Waals surface area contributed by atoms with Crippen molar-refractivity contribution in [2.45, 2.75) is 6.92 Å². The molecular formula is C13H12FNO. The zero-order chi connectivity index (χ0) is 11.5. The quantitative estimate of drug-likeness (QED) is 0.781. The van der Waals surface area contributed by atoms with Gasteiger partial charge in [-0.2, -0.15) is 0 Å². The van der Waals surface area contributed by atoms with Gasteiger partial charge in [-0.1, -0.05) is 24.3 Å². The molecule has 2 nitrogen and oxygen atoms in total. The Kier molecular flexibility index (Phi) is 2.77. The Labute approximate surface area is 93.5 Å². The third kappa shape index (κ3) is 1.98. The monoisotopic (exact) mass is 217 g/mol. The number of halogens is 1. The van der Waals surface area contributed by atoms with Crippen LogP contribution in [0.2, 0.25) is 0 Å². The van der Waals surface area contributed by atoms with Crippen LogP contribution in [0.1, 0.15) is 5.56 Å². The molecule has 0 saturated heterocycles. The highest BCUT2D eigenvalue weighted by atomic mass is 19.1. The van der Waals surface area contributed by atoms with Gasteiger partial charge in [0.15, 0.2) is 11.6 Å². The Bertz CT molecular complexity index is 497. The predicted molar refractivity (Wildman–Crippen MR) is 62.1 cm³/mol. The molecule has 0 saturated carbocycles. The van der Waals surface area contributed by atoms with Crippen molar-refractivity contribution >= 4 is 5.69 Å². The molecule has 16 heavy (non-hydrogen) atoms. The minimum atomic E-state index is -0.413. The Hall–Kier alpha value is -2.03. The first-order valence-electron chi connectivity index (χ1n) is 4.96. The molecule has 0 aromatic heterocycles. The highest BCUT2D eigenvalue weighted by molar-refractivity contribution is 5.56. The molecule has 0 aliphatic heterocycles. The van der Waals surface area contributed by atoms with Crippen molar-refractivity contribution in [3.63, 3.8) is 0 Å². The summed E-state index contributed by atoms with van der Waals surface area (Å²) in [5.41, 5.74) is 6.49. The lowest BCUT2D eigenvalue weighted by molar-refractivity contribution is 0.442. The number of anilines is 1. The highest BCUT2D eigenvalue weighted by Gasteiger charge is 2.11. The van der Waals surface area contributed by atoms with Crippen LogP contribution in [-0.2, 0) is 0 Å². The number of hydrogen-bond donors (Lipinski definition) is 1. The summed E-state index contributed by atoms with van der Waals surface area (Å²) in [6.45, 7) is 1.67. The molecule has 0 bridgehead atoms. The van der Waals surface area contributed by atoms with Crippen molar-refractivity contribution in [3.05, 3.63) is 53.8 Å². The van der Waals surface area contributed by atoms with Crippen LogP contribution in [0, 0.1) is 12.7 Å². The van der Waals surface area contributed by atoms with E-state index in [0.29, 0.717) is 17.0 Å². The van der Waals surface area contributed by atoms with Gasteiger partial charge in [0.1, 0.15) is 5.75 Å². The third-order valence-electron chi connectivity index (χ3n) is 2.28. The van der Waals surface area contributed by atoms with E-state index in [1.807, 2.05) is 18.2 Å². The van der Waals surface area contributed by atoms with Crippen LogP contribution >= 0.6 is 0 Å². The van der Waals surface area contributed by atoms with Gasteiger partial charge in [0.25, 0.3) is 0 Å². The Balaban J connectivity index is 2.38. The number of para-hydroxylation sites is 1. The lowest BCUT2D eigenvalue weighted by atomic mass is 10.2. The first-order valence-corrected chi connectivity index (χ1v) is 4.96. The van der Waals surface area contributed by atoms with Gasteiger partial charge in [0.2, 0.25) is 0 Å². The summed E-state index contributed by atoms with van der Waals surface area (Å²) in [4.78, 5) is 0. The van der Waals surface area contributed by atoms with Gasteiger partial charge in [-0.3, -0.25) is 0 Å². The lowest BCUT2D eigenvalue weighted by Crippen LogP contribution is -1.97. The van der Waals surface area contributed by atoms with E-state index in [2.05, 4.69) is 0 Å². The smallest absolute Gasteiger partial charge is 0.186 e. The Morgan fingerprint density at radius 3 is 2.44 bits per heavy atom. The van der Waals surface area contributed by atoms with E-state index >= 15 is 0 Å². The molecule has 0 aliphatic rings. The van der Waals surface area contributed by atoms with Crippen LogP contribution < -0.4 is 10.5 Å². The van der Waals surface area contributed by atoms with Gasteiger partial charge in [-0.25, -0.2) is 4.39 Å². The lowest BCUT2D eigenvalue weighted by Gasteiger charge is -2.10. The molecule has 2 rings (SSSR count). The first-order chi connectivity index (χ1) is 7.68. The zero-order valence-electron chi connectivity index (χ0n) is 8.91. The van der Waals surface area contributed by atoms with Crippen LogP contribution in [0.5, 0.6) is 11.5 Å². The van der Waals surface area contributed by atoms with Crippen molar-refractivity contribution in [1.29, 1.82) is 0 Å². The normalized spacial score (nSPS) is 10.1. The minimum absolute atomic E-state index is 0.0891. The molecule has 0 aliphatic carbocycles. The second-order valence-electron chi connectivity index (χ2n) is 3.53. The van der Waals surface area contributed by atoms with Gasteiger partial charge in [0, 0.05) is 0 Å². The molecule has 0 radical (unpaired) electrons. The summed E-state index contributed by atoms with van der Waals surface area (Å²) < 4.78 is 19.2. The largest absolute Gasteiger partial charge is 0.452 e. The highest BCUT2D eigenvalue weighted by Crippen LogP contribution is 2.31. The molecule has 0 spiro atoms. The standard InChI is InChI=1S/C13H12FNO/c1-9-7-8-11(15)13(12(9)14)16-10-5-3-2-4-6-10/h2-8H,15H2,1H3. The Morgan fingerprint density at radius 1 is 1.06 bits per heavy atom. The van der Waals surface area contributed by atoms with Crippen LogP contribution in [0.15, 0.2) is 42.5 Å². The molecule has 0 amide bonds. The number of rotatable bonds is 2. The van der Waals surface area contributed by atoms with Gasteiger partial charge in [0.05, 0.1) is 5.69 Å². The number of hydrogen-bond acceptors (Lipinski definition) is 2. The summed E-state index contributed by atoms with van der Waals surface area (Å²) in [6.07, 6.45) is 0. The van der Waals surface area contributed by atoms with Crippen molar-refractivity contribution < 1.29 is 9.13 Å². The summed E-state index contributed by atoms with van der Waals surface area (Å²) in [5, 5.41) is 0. The van der Waals surface area contributed by atoms with Crippen LogP contribution in [-0.4, -0.2) is 0 Å². The summed E-state index contributed by atoms with van der Waals surface area (Å²) >= 11 is 0. The van der Waals surface area contributed by atoms with E-state index in [0.717, 1.165) is 0 Å². The number of aryl methyl sites for hydroxylation is 1. The maximum Gasteiger partial charge on any atom is 0.186 e. The molecule has 0 atom stereocenters. The average Bonchev–Trinajstić information content (AvgIpc) is 2.31. The van der Waals surface area contributed by atoms with Crippen molar-refractivity contribution in [1.82, 2.24) is 0 Å². The maximum atomic E-state index is 13.7. The predicted octanol–water partition coefficient (Wildman–Crippen LogP) is 3.51. The summed E-state index contributed by atoms with van der Waals surface area (Å²) in [6, 6.07) is 12.3. The van der Waals surface area contributed by atoms with Crippen LogP contribution in [0.4, 0.5) is 10.1 Å². The molecule has 2 aromatic carbocycles. The molecule has 82 valence electrons. The van der Waals surface area contributed by atoms with E-state index in [1.54, 1.807) is 31.2 Å². The maximum absolute atomic E-state index is 13.7. The molecule has 3 heteroatoms. The third-order valence-corrected chi connectivity index (χ3v) is 2.28. The first kappa shape index (κ1) is 10.5. The van der Waals surface area contributed by atoms with Crippen LogP contribution in [0.25, 0.3) is 0 Å². The van der Waals surface area contributed by atoms with Gasteiger partial charge in [-0.05, 0) is 30.7 Å². The second-order valence-corrected chi connectivity index (χ2v) is 3.53.